The molecule has 4 heterocycles. The van der Waals surface area contributed by atoms with E-state index in [0.717, 1.165) is 29.8 Å². The molecule has 0 spiro atoms. The molecular weight excluding hydrogens is 370 g/mol. The number of nitrogens with zero attached hydrogens (tertiary/aromatic N) is 4. The number of hydrogen-bond acceptors (Lipinski definition) is 7. The second kappa shape index (κ2) is 8.08. The Morgan fingerprint density at radius 1 is 1.32 bits per heavy atom. The monoisotopic (exact) mass is 393 g/mol. The van der Waals surface area contributed by atoms with Gasteiger partial charge in [-0.1, -0.05) is 6.58 Å². The summed E-state index contributed by atoms with van der Waals surface area (Å²) in [7, 11) is 0. The van der Waals surface area contributed by atoms with Gasteiger partial charge < -0.3 is 9.64 Å². The summed E-state index contributed by atoms with van der Waals surface area (Å²) in [6.07, 6.45) is 3.49. The van der Waals surface area contributed by atoms with Gasteiger partial charge in [0, 0.05) is 30.9 Å². The fourth-order valence-corrected chi connectivity index (χ4v) is 4.22. The molecule has 7 heteroatoms. The van der Waals surface area contributed by atoms with Gasteiger partial charge >= 0.3 is 0 Å². The molecule has 144 valence electrons. The van der Waals surface area contributed by atoms with E-state index < -0.39 is 0 Å². The van der Waals surface area contributed by atoms with Crippen LogP contribution >= 0.6 is 11.3 Å². The summed E-state index contributed by atoms with van der Waals surface area (Å²) in [6, 6.07) is 4.21. The van der Waals surface area contributed by atoms with E-state index in [4.69, 9.17) is 9.72 Å². The minimum Gasteiger partial charge on any atom is -0.378 e. The number of thiophene rings is 1. The largest absolute Gasteiger partial charge is 0.378 e. The van der Waals surface area contributed by atoms with Gasteiger partial charge in [-0.05, 0) is 53.4 Å². The van der Waals surface area contributed by atoms with Crippen molar-refractivity contribution in [1.29, 1.82) is 0 Å². The third kappa shape index (κ3) is 3.50. The van der Waals surface area contributed by atoms with E-state index in [-0.39, 0.29) is 0 Å². The van der Waals surface area contributed by atoms with Gasteiger partial charge in [-0.15, -0.1) is 0 Å². The first-order chi connectivity index (χ1) is 13.7. The zero-order valence-corrected chi connectivity index (χ0v) is 16.9. The van der Waals surface area contributed by atoms with Crippen LogP contribution in [0.2, 0.25) is 0 Å². The Hall–Kier alpha value is -2.77. The van der Waals surface area contributed by atoms with Crippen molar-refractivity contribution in [3.05, 3.63) is 46.9 Å². The average molecular weight is 394 g/mol. The number of ether oxygens (including phenoxy) is 1. The van der Waals surface area contributed by atoms with Gasteiger partial charge in [0.15, 0.2) is 0 Å². The molecule has 0 aliphatic carbocycles. The summed E-state index contributed by atoms with van der Waals surface area (Å²) in [5, 5.41) is 9.52. The van der Waals surface area contributed by atoms with Crippen molar-refractivity contribution in [2.45, 2.75) is 13.8 Å². The number of aryl methyl sites for hydroxylation is 1. The first-order valence-electron chi connectivity index (χ1n) is 9.27. The topological polar surface area (TPSA) is 62.6 Å². The lowest BCUT2D eigenvalue weighted by atomic mass is 10.00. The molecule has 0 amide bonds. The molecule has 3 aromatic heterocycles. The highest BCUT2D eigenvalue weighted by molar-refractivity contribution is 7.08. The Labute approximate surface area is 168 Å². The molecule has 0 radical (unpaired) electrons. The first kappa shape index (κ1) is 18.6. The standard InChI is InChI=1S/C21H23N5OS/c1-4-23-25-15(3)20-21-16(5-6-22-20)17(18-13-28-12-14(18)2)11-19(24-21)26-7-9-27-10-8-26/h4-6,11-13,25H,3,7-10H2,1-2H3/b23-4-. The third-order valence-corrected chi connectivity index (χ3v) is 5.67. The van der Waals surface area contributed by atoms with Crippen molar-refractivity contribution in [3.63, 3.8) is 0 Å². The fourth-order valence-electron chi connectivity index (χ4n) is 3.37. The summed E-state index contributed by atoms with van der Waals surface area (Å²) < 4.78 is 5.52. The Morgan fingerprint density at radius 3 is 2.86 bits per heavy atom. The Balaban J connectivity index is 1.93. The van der Waals surface area contributed by atoms with Gasteiger partial charge in [-0.3, -0.25) is 10.4 Å². The van der Waals surface area contributed by atoms with Crippen LogP contribution < -0.4 is 10.3 Å². The van der Waals surface area contributed by atoms with E-state index in [2.05, 4.69) is 50.7 Å². The number of hydrazone groups is 1. The number of nitrogens with one attached hydrogen (secondary N) is 1. The Morgan fingerprint density at radius 2 is 2.14 bits per heavy atom. The zero-order chi connectivity index (χ0) is 19.5. The van der Waals surface area contributed by atoms with Crippen molar-refractivity contribution in [2.24, 2.45) is 5.10 Å². The molecule has 1 aliphatic heterocycles. The van der Waals surface area contributed by atoms with Crippen LogP contribution in [0.15, 0.2) is 40.8 Å². The van der Waals surface area contributed by atoms with E-state index in [0.29, 0.717) is 24.6 Å². The molecule has 6 nitrogen and oxygen atoms in total. The molecule has 0 bridgehead atoms. The predicted molar refractivity (Wildman–Crippen MR) is 117 cm³/mol. The molecule has 28 heavy (non-hydrogen) atoms. The van der Waals surface area contributed by atoms with Crippen LogP contribution in [-0.2, 0) is 4.74 Å². The number of rotatable bonds is 5. The minimum atomic E-state index is 0.628. The maximum atomic E-state index is 5.52. The minimum absolute atomic E-state index is 0.628. The third-order valence-electron chi connectivity index (χ3n) is 4.81. The summed E-state index contributed by atoms with van der Waals surface area (Å²) >= 11 is 1.71. The van der Waals surface area contributed by atoms with Gasteiger partial charge in [0.25, 0.3) is 0 Å². The number of pyridine rings is 2. The number of hydrogen-bond donors (Lipinski definition) is 1. The second-order valence-electron chi connectivity index (χ2n) is 6.63. The fraction of sp³-hybridized carbons (Fsp3) is 0.286. The highest BCUT2D eigenvalue weighted by Crippen LogP contribution is 2.36. The molecule has 0 aromatic carbocycles. The van der Waals surface area contributed by atoms with E-state index in [1.54, 1.807) is 17.6 Å². The Bertz CT molecular complexity index is 1040. The molecule has 1 aliphatic rings. The predicted octanol–water partition coefficient (Wildman–Crippen LogP) is 4.07. The molecule has 1 saturated heterocycles. The lowest BCUT2D eigenvalue weighted by molar-refractivity contribution is 0.122. The van der Waals surface area contributed by atoms with Crippen molar-refractivity contribution in [1.82, 2.24) is 15.4 Å². The summed E-state index contributed by atoms with van der Waals surface area (Å²) in [5.74, 6) is 0.942. The smallest absolute Gasteiger partial charge is 0.130 e. The van der Waals surface area contributed by atoms with Gasteiger partial charge in [-0.2, -0.15) is 16.4 Å². The Kier molecular flexibility index (Phi) is 5.36. The summed E-state index contributed by atoms with van der Waals surface area (Å²) in [4.78, 5) is 11.8. The molecule has 4 rings (SSSR count). The number of aromatic nitrogens is 2. The van der Waals surface area contributed by atoms with E-state index in [1.807, 2.05) is 19.2 Å². The van der Waals surface area contributed by atoms with Crippen LogP contribution in [0.3, 0.4) is 0 Å². The highest BCUT2D eigenvalue weighted by Gasteiger charge is 2.19. The molecule has 0 saturated carbocycles. The van der Waals surface area contributed by atoms with E-state index >= 15 is 0 Å². The van der Waals surface area contributed by atoms with Crippen LogP contribution in [-0.4, -0.2) is 42.5 Å². The summed E-state index contributed by atoms with van der Waals surface area (Å²) in [6.45, 7) is 11.2. The van der Waals surface area contributed by atoms with Crippen LogP contribution in [0.1, 0.15) is 18.2 Å². The van der Waals surface area contributed by atoms with Crippen LogP contribution in [0, 0.1) is 6.92 Å². The van der Waals surface area contributed by atoms with Gasteiger partial charge in [0.2, 0.25) is 0 Å². The number of anilines is 1. The van der Waals surface area contributed by atoms with Crippen LogP contribution in [0.25, 0.3) is 27.7 Å². The maximum Gasteiger partial charge on any atom is 0.130 e. The maximum absolute atomic E-state index is 5.52. The van der Waals surface area contributed by atoms with Gasteiger partial charge in [0.1, 0.15) is 17.0 Å². The quantitative estimate of drug-likeness (QED) is 0.523. The first-order valence-corrected chi connectivity index (χ1v) is 10.2. The van der Waals surface area contributed by atoms with Gasteiger partial charge in [0.05, 0.1) is 18.9 Å². The zero-order valence-electron chi connectivity index (χ0n) is 16.1. The van der Waals surface area contributed by atoms with E-state index in [1.165, 1.54) is 16.7 Å². The summed E-state index contributed by atoms with van der Waals surface area (Å²) in [5.41, 5.74) is 8.78. The van der Waals surface area contributed by atoms with Crippen LogP contribution in [0.4, 0.5) is 5.82 Å². The lowest BCUT2D eigenvalue weighted by Gasteiger charge is -2.28. The molecule has 1 fully saturated rings. The second-order valence-corrected chi connectivity index (χ2v) is 7.37. The molecular formula is C21H23N5OS. The molecule has 3 aromatic rings. The lowest BCUT2D eigenvalue weighted by Crippen LogP contribution is -2.36. The van der Waals surface area contributed by atoms with Crippen molar-refractivity contribution < 1.29 is 4.74 Å². The van der Waals surface area contributed by atoms with Gasteiger partial charge in [-0.25, -0.2) is 4.98 Å². The SMILES string of the molecule is C=C(N/N=C\C)c1nccc2c(-c3cscc3C)cc(N3CCOCC3)nc12. The van der Waals surface area contributed by atoms with Crippen molar-refractivity contribution >= 4 is 40.0 Å². The van der Waals surface area contributed by atoms with Crippen molar-refractivity contribution in [3.8, 4) is 11.1 Å². The highest BCUT2D eigenvalue weighted by atomic mass is 32.1. The molecule has 1 N–H and O–H groups in total. The molecule has 0 unspecified atom stereocenters. The normalized spacial score (nSPS) is 14.7. The number of morpholine rings is 1. The average Bonchev–Trinajstić information content (AvgIpc) is 3.17. The van der Waals surface area contributed by atoms with Crippen molar-refractivity contribution in [2.75, 3.05) is 31.2 Å². The van der Waals surface area contributed by atoms with Crippen LogP contribution in [0.5, 0.6) is 0 Å². The van der Waals surface area contributed by atoms with E-state index in [9.17, 15) is 0 Å². The number of fused-ring (bicyclic) bond motifs is 1. The molecule has 0 atom stereocenters.